The minimum Gasteiger partial charge on any atom is -0.444 e. The van der Waals surface area contributed by atoms with Crippen LogP contribution in [-0.4, -0.2) is 41.3 Å². The number of nitrogens with one attached hydrogen (secondary N) is 1. The number of aromatic nitrogens is 1. The van der Waals surface area contributed by atoms with E-state index in [1.807, 2.05) is 4.89 Å². The predicted molar refractivity (Wildman–Crippen MR) is 147 cm³/mol. The van der Waals surface area contributed by atoms with E-state index in [1.54, 1.807) is 42.7 Å². The molecule has 40 heavy (non-hydrogen) atoms. The summed E-state index contributed by atoms with van der Waals surface area (Å²) in [4.78, 5) is 6.43. The SMILES string of the molecule is CSc1sc(C(=N)N)cc1S(=O)(=NS(=O)(=O)c1cccc(-c2cnco2)c1)c1cccc(Br)c1.OOC(F)(F)F. The second-order valence-corrected chi connectivity index (χ2v) is 14.4. The molecule has 1 atom stereocenters. The van der Waals surface area contributed by atoms with Gasteiger partial charge in [-0.05, 0) is 42.7 Å². The molecule has 2 aromatic heterocycles. The number of halogens is 4. The summed E-state index contributed by atoms with van der Waals surface area (Å²) < 4.78 is 82.9. The van der Waals surface area contributed by atoms with E-state index in [1.165, 1.54) is 42.6 Å². The first-order valence-electron chi connectivity index (χ1n) is 10.4. The fourth-order valence-electron chi connectivity index (χ4n) is 3.02. The molecule has 4 rings (SSSR count). The average molecular weight is 700 g/mol. The van der Waals surface area contributed by atoms with Crippen LogP contribution in [0.15, 0.2) is 98.7 Å². The Hall–Kier alpha value is -2.74. The highest BCUT2D eigenvalue weighted by molar-refractivity contribution is 9.10. The Labute approximate surface area is 243 Å². The number of hydrogen-bond donors (Lipinski definition) is 3. The third-order valence-corrected chi connectivity index (χ3v) is 12.0. The van der Waals surface area contributed by atoms with Crippen LogP contribution in [0.5, 0.6) is 0 Å². The third kappa shape index (κ3) is 7.71. The van der Waals surface area contributed by atoms with E-state index in [4.69, 9.17) is 20.8 Å². The number of thioether (sulfide) groups is 1. The maximum absolute atomic E-state index is 14.5. The van der Waals surface area contributed by atoms with Crippen molar-refractivity contribution in [1.29, 1.82) is 5.41 Å². The van der Waals surface area contributed by atoms with Crippen LogP contribution in [0.4, 0.5) is 13.2 Å². The van der Waals surface area contributed by atoms with Crippen LogP contribution in [0, 0.1) is 5.41 Å². The number of nitrogens with zero attached hydrogens (tertiary/aromatic N) is 2. The number of benzene rings is 2. The molecule has 0 aliphatic carbocycles. The van der Waals surface area contributed by atoms with Crippen LogP contribution in [0.3, 0.4) is 0 Å². The molecule has 10 nitrogen and oxygen atoms in total. The molecule has 0 fully saturated rings. The standard InChI is InChI=1S/C21H17BrN4O4S4.CHF3O2/c1-31-21-19(10-18(32-21)20(23)24)33(27,15-6-3-5-14(22)9-15)26-34(28,29)16-7-2-4-13(8-16)17-11-25-12-30-17;2-1(3,4)6-5/h2-12H,1H3,(H3,23,24);5H. The van der Waals surface area contributed by atoms with Gasteiger partial charge in [0, 0.05) is 10.0 Å². The fraction of sp³-hybridized carbons (Fsp3) is 0.0909. The van der Waals surface area contributed by atoms with Gasteiger partial charge in [-0.25, -0.2) is 14.5 Å². The maximum atomic E-state index is 14.5. The predicted octanol–water partition coefficient (Wildman–Crippen LogP) is 6.44. The van der Waals surface area contributed by atoms with Gasteiger partial charge in [-0.2, -0.15) is 8.42 Å². The van der Waals surface area contributed by atoms with Crippen LogP contribution in [0.1, 0.15) is 4.88 Å². The molecule has 0 radical (unpaired) electrons. The molecule has 0 saturated carbocycles. The van der Waals surface area contributed by atoms with Gasteiger partial charge in [-0.15, -0.1) is 41.2 Å². The largest absolute Gasteiger partial charge is 0.549 e. The van der Waals surface area contributed by atoms with E-state index in [2.05, 4.69) is 24.7 Å². The van der Waals surface area contributed by atoms with Crippen LogP contribution in [0.2, 0.25) is 0 Å². The van der Waals surface area contributed by atoms with Crippen molar-refractivity contribution in [3.8, 4) is 11.3 Å². The molecular weight excluding hydrogens is 681 g/mol. The summed E-state index contributed by atoms with van der Waals surface area (Å²) in [6.45, 7) is 0. The number of alkyl halides is 3. The van der Waals surface area contributed by atoms with Crippen molar-refractivity contribution >= 4 is 64.6 Å². The third-order valence-electron chi connectivity index (χ3n) is 4.69. The Morgan fingerprint density at radius 2 is 1.82 bits per heavy atom. The number of oxazole rings is 1. The minimum atomic E-state index is -4.90. The van der Waals surface area contributed by atoms with E-state index < -0.39 is 26.1 Å². The lowest BCUT2D eigenvalue weighted by Crippen LogP contribution is -2.10. The van der Waals surface area contributed by atoms with Crippen LogP contribution < -0.4 is 5.73 Å². The molecule has 0 amide bonds. The lowest BCUT2D eigenvalue weighted by molar-refractivity contribution is -0.464. The van der Waals surface area contributed by atoms with Crippen molar-refractivity contribution in [2.75, 3.05) is 6.26 Å². The maximum Gasteiger partial charge on any atom is 0.549 e. The Bertz CT molecular complexity index is 1730. The lowest BCUT2D eigenvalue weighted by Gasteiger charge is -2.12. The van der Waals surface area contributed by atoms with E-state index >= 15 is 0 Å². The first-order valence-corrected chi connectivity index (χ1v) is 16.2. The Morgan fingerprint density at radius 3 is 2.38 bits per heavy atom. The van der Waals surface area contributed by atoms with Crippen molar-refractivity contribution in [1.82, 2.24) is 4.98 Å². The zero-order valence-corrected chi connectivity index (χ0v) is 24.8. The zero-order valence-electron chi connectivity index (χ0n) is 20.0. The number of nitrogen functional groups attached to an aromatic ring is 1. The molecule has 0 aliphatic heterocycles. The van der Waals surface area contributed by atoms with Crippen molar-refractivity contribution < 1.29 is 40.4 Å². The van der Waals surface area contributed by atoms with E-state index in [-0.39, 0.29) is 20.5 Å². The van der Waals surface area contributed by atoms with Gasteiger partial charge < -0.3 is 10.2 Å². The van der Waals surface area contributed by atoms with Crippen molar-refractivity contribution in [2.24, 2.45) is 9.50 Å². The fourth-order valence-corrected chi connectivity index (χ4v) is 10.2. The summed E-state index contributed by atoms with van der Waals surface area (Å²) in [5.41, 5.74) is 6.15. The number of sulfonamides is 1. The molecule has 214 valence electrons. The lowest BCUT2D eigenvalue weighted by atomic mass is 10.2. The number of thiophene rings is 1. The van der Waals surface area contributed by atoms with Gasteiger partial charge in [0.25, 0.3) is 10.0 Å². The molecule has 0 bridgehead atoms. The van der Waals surface area contributed by atoms with Gasteiger partial charge in [0.2, 0.25) is 0 Å². The summed E-state index contributed by atoms with van der Waals surface area (Å²) in [6.07, 6.45) is -0.420. The molecule has 1 unspecified atom stereocenters. The summed E-state index contributed by atoms with van der Waals surface area (Å²) in [6, 6.07) is 14.0. The van der Waals surface area contributed by atoms with Gasteiger partial charge in [0.05, 0.1) is 30.0 Å². The number of nitrogens with two attached hydrogens (primary N) is 1. The van der Waals surface area contributed by atoms with E-state index in [0.29, 0.717) is 24.9 Å². The molecule has 2 aromatic carbocycles. The summed E-state index contributed by atoms with van der Waals surface area (Å²) in [7, 11) is -8.08. The first kappa shape index (κ1) is 31.8. The van der Waals surface area contributed by atoms with Crippen LogP contribution >= 0.6 is 39.0 Å². The second-order valence-electron chi connectivity index (χ2n) is 7.34. The van der Waals surface area contributed by atoms with Gasteiger partial charge in [-0.1, -0.05) is 37.9 Å². The number of rotatable bonds is 7. The minimum absolute atomic E-state index is 0.142. The highest BCUT2D eigenvalue weighted by Gasteiger charge is 2.29. The summed E-state index contributed by atoms with van der Waals surface area (Å²) in [5, 5.41) is 14.6. The molecule has 4 aromatic rings. The van der Waals surface area contributed by atoms with Crippen LogP contribution in [0.25, 0.3) is 11.3 Å². The Morgan fingerprint density at radius 1 is 1.18 bits per heavy atom. The molecule has 2 heterocycles. The monoisotopic (exact) mass is 698 g/mol. The molecule has 0 saturated heterocycles. The highest BCUT2D eigenvalue weighted by Crippen LogP contribution is 2.39. The first-order chi connectivity index (χ1) is 18.7. The van der Waals surface area contributed by atoms with E-state index in [9.17, 15) is 25.8 Å². The molecular formula is C22H18BrF3N4O6S4. The zero-order chi connectivity index (χ0) is 29.7. The van der Waals surface area contributed by atoms with Crippen LogP contribution in [-0.2, 0) is 24.6 Å². The smallest absolute Gasteiger partial charge is 0.444 e. The molecule has 18 heteroatoms. The highest BCUT2D eigenvalue weighted by atomic mass is 79.9. The van der Waals surface area contributed by atoms with Gasteiger partial charge in [-0.3, -0.25) is 5.41 Å². The molecule has 0 aliphatic rings. The van der Waals surface area contributed by atoms with Crippen molar-refractivity contribution in [3.63, 3.8) is 0 Å². The summed E-state index contributed by atoms with van der Waals surface area (Å²) in [5.74, 6) is 0.184. The number of amidine groups is 1. The Balaban J connectivity index is 0.000000663. The topological polar surface area (TPSA) is 169 Å². The second kappa shape index (κ2) is 12.8. The van der Waals surface area contributed by atoms with E-state index in [0.717, 1.165) is 11.3 Å². The normalized spacial score (nSPS) is 13.2. The quantitative estimate of drug-likeness (QED) is 0.0646. The van der Waals surface area contributed by atoms with Gasteiger partial charge in [0.1, 0.15) is 15.6 Å². The summed E-state index contributed by atoms with van der Waals surface area (Å²) >= 11 is 5.81. The number of hydrogen-bond acceptors (Lipinski definition) is 10. The molecule has 4 N–H and O–H groups in total. The van der Waals surface area contributed by atoms with Gasteiger partial charge >= 0.3 is 6.36 Å². The van der Waals surface area contributed by atoms with Gasteiger partial charge in [0.15, 0.2) is 12.2 Å². The van der Waals surface area contributed by atoms with Crippen molar-refractivity contribution in [3.05, 3.63) is 76.5 Å². The molecule has 0 spiro atoms. The Kier molecular flexibility index (Phi) is 10.2. The average Bonchev–Trinajstić information content (AvgIpc) is 3.59. The van der Waals surface area contributed by atoms with Crippen molar-refractivity contribution in [2.45, 2.75) is 25.3 Å².